The van der Waals surface area contributed by atoms with Crippen LogP contribution in [0.1, 0.15) is 26.2 Å². The van der Waals surface area contributed by atoms with Crippen LogP contribution >= 0.6 is 0 Å². The molecule has 0 aliphatic heterocycles. The normalized spacial score (nSPS) is 16.6. The van der Waals surface area contributed by atoms with Crippen LogP contribution in [0.3, 0.4) is 0 Å². The van der Waals surface area contributed by atoms with E-state index in [0.29, 0.717) is 11.7 Å². The lowest BCUT2D eigenvalue weighted by molar-refractivity contribution is 0.194. The van der Waals surface area contributed by atoms with Crippen LogP contribution in [0.15, 0.2) is 30.3 Å². The van der Waals surface area contributed by atoms with E-state index in [2.05, 4.69) is 12.2 Å². The molecule has 1 aromatic rings. The molecule has 1 aliphatic rings. The van der Waals surface area contributed by atoms with Gasteiger partial charge in [-0.3, -0.25) is 0 Å². The van der Waals surface area contributed by atoms with Gasteiger partial charge in [-0.05, 0) is 37.3 Å². The zero-order chi connectivity index (χ0) is 11.4. The fourth-order valence-electron chi connectivity index (χ4n) is 1.83. The molecule has 1 aliphatic carbocycles. The van der Waals surface area contributed by atoms with Gasteiger partial charge in [0.2, 0.25) is 0 Å². The number of ether oxygens (including phenoxy) is 1. The van der Waals surface area contributed by atoms with E-state index >= 15 is 0 Å². The first-order chi connectivity index (χ1) is 7.79. The highest BCUT2D eigenvalue weighted by atomic mass is 16.6. The molecule has 1 atom stereocenters. The van der Waals surface area contributed by atoms with Crippen LogP contribution in [0.25, 0.3) is 0 Å². The summed E-state index contributed by atoms with van der Waals surface area (Å²) in [5.74, 6) is 1.25. The average Bonchev–Trinajstić information content (AvgIpc) is 3.11. The Morgan fingerprint density at radius 2 is 2.12 bits per heavy atom. The zero-order valence-corrected chi connectivity index (χ0v) is 9.48. The van der Waals surface area contributed by atoms with Gasteiger partial charge < -0.3 is 10.1 Å². The third-order valence-corrected chi connectivity index (χ3v) is 2.89. The summed E-state index contributed by atoms with van der Waals surface area (Å²) < 4.78 is 5.17. The Balaban J connectivity index is 1.83. The van der Waals surface area contributed by atoms with Gasteiger partial charge in [-0.25, -0.2) is 4.79 Å². The Morgan fingerprint density at radius 1 is 1.44 bits per heavy atom. The Morgan fingerprint density at radius 3 is 2.69 bits per heavy atom. The van der Waals surface area contributed by atoms with E-state index in [1.54, 1.807) is 12.1 Å². The predicted molar refractivity (Wildman–Crippen MR) is 62.4 cm³/mol. The summed E-state index contributed by atoms with van der Waals surface area (Å²) in [7, 11) is 0. The molecule has 0 saturated heterocycles. The van der Waals surface area contributed by atoms with Crippen molar-refractivity contribution in [2.24, 2.45) is 5.92 Å². The Kier molecular flexibility index (Phi) is 3.44. The minimum Gasteiger partial charge on any atom is -0.410 e. The molecule has 1 unspecified atom stereocenters. The molecule has 1 amide bonds. The van der Waals surface area contributed by atoms with Crippen LogP contribution in [-0.4, -0.2) is 12.1 Å². The molecule has 3 nitrogen and oxygen atoms in total. The van der Waals surface area contributed by atoms with Crippen LogP contribution in [-0.2, 0) is 0 Å². The number of carbonyl (C=O) groups excluding carboxylic acids is 1. The SMILES string of the molecule is CCC(NC(=O)Oc1ccccc1)C1CC1. The van der Waals surface area contributed by atoms with E-state index in [4.69, 9.17) is 4.74 Å². The van der Waals surface area contributed by atoms with Crippen molar-refractivity contribution in [1.29, 1.82) is 0 Å². The van der Waals surface area contributed by atoms with Crippen LogP contribution in [0, 0.1) is 5.92 Å². The summed E-state index contributed by atoms with van der Waals surface area (Å²) in [6.07, 6.45) is 3.08. The number of nitrogens with one attached hydrogen (secondary N) is 1. The van der Waals surface area contributed by atoms with Gasteiger partial charge in [-0.1, -0.05) is 25.1 Å². The zero-order valence-electron chi connectivity index (χ0n) is 9.48. The molecule has 0 bridgehead atoms. The first-order valence-corrected chi connectivity index (χ1v) is 5.83. The van der Waals surface area contributed by atoms with E-state index < -0.39 is 0 Å². The largest absolute Gasteiger partial charge is 0.412 e. The number of para-hydroxylation sites is 1. The number of rotatable bonds is 4. The Labute approximate surface area is 95.8 Å². The second kappa shape index (κ2) is 5.01. The summed E-state index contributed by atoms with van der Waals surface area (Å²) >= 11 is 0. The van der Waals surface area contributed by atoms with Gasteiger partial charge in [0.1, 0.15) is 5.75 Å². The van der Waals surface area contributed by atoms with Crippen molar-refractivity contribution in [2.45, 2.75) is 32.2 Å². The van der Waals surface area contributed by atoms with Crippen molar-refractivity contribution in [3.63, 3.8) is 0 Å². The third-order valence-electron chi connectivity index (χ3n) is 2.89. The highest BCUT2D eigenvalue weighted by molar-refractivity contribution is 5.70. The van der Waals surface area contributed by atoms with E-state index in [9.17, 15) is 4.79 Å². The van der Waals surface area contributed by atoms with Crippen molar-refractivity contribution >= 4 is 6.09 Å². The summed E-state index contributed by atoms with van der Waals surface area (Å²) in [6.45, 7) is 2.09. The predicted octanol–water partition coefficient (Wildman–Crippen LogP) is 2.96. The molecule has 1 aromatic carbocycles. The number of hydrogen-bond donors (Lipinski definition) is 1. The molecule has 86 valence electrons. The summed E-state index contributed by atoms with van der Waals surface area (Å²) in [4.78, 5) is 11.6. The standard InChI is InChI=1S/C13H17NO2/c1-2-12(10-8-9-10)14-13(15)16-11-6-4-3-5-7-11/h3-7,10,12H,2,8-9H2,1H3,(H,14,15). The van der Waals surface area contributed by atoms with Crippen molar-refractivity contribution < 1.29 is 9.53 Å². The van der Waals surface area contributed by atoms with Crippen molar-refractivity contribution in [3.8, 4) is 5.75 Å². The minimum absolute atomic E-state index is 0.274. The molecule has 0 aromatic heterocycles. The lowest BCUT2D eigenvalue weighted by Gasteiger charge is -2.15. The molecule has 16 heavy (non-hydrogen) atoms. The fourth-order valence-corrected chi connectivity index (χ4v) is 1.83. The molecule has 3 heteroatoms. The van der Waals surface area contributed by atoms with Crippen LogP contribution in [0.4, 0.5) is 4.79 Å². The summed E-state index contributed by atoms with van der Waals surface area (Å²) in [5, 5.41) is 2.92. The summed E-state index contributed by atoms with van der Waals surface area (Å²) in [6, 6.07) is 9.41. The maximum atomic E-state index is 11.6. The molecule has 1 saturated carbocycles. The molecule has 1 N–H and O–H groups in total. The average molecular weight is 219 g/mol. The molecule has 1 fully saturated rings. The van der Waals surface area contributed by atoms with Crippen LogP contribution in [0.2, 0.25) is 0 Å². The van der Waals surface area contributed by atoms with Gasteiger partial charge >= 0.3 is 6.09 Å². The molecular formula is C13H17NO2. The molecular weight excluding hydrogens is 202 g/mol. The van der Waals surface area contributed by atoms with Crippen LogP contribution in [0.5, 0.6) is 5.75 Å². The van der Waals surface area contributed by atoms with Crippen molar-refractivity contribution in [1.82, 2.24) is 5.32 Å². The number of benzene rings is 1. The quantitative estimate of drug-likeness (QED) is 0.845. The molecule has 0 spiro atoms. The van der Waals surface area contributed by atoms with E-state index in [-0.39, 0.29) is 12.1 Å². The second-order valence-electron chi connectivity index (χ2n) is 4.20. The van der Waals surface area contributed by atoms with Gasteiger partial charge in [0.25, 0.3) is 0 Å². The Hall–Kier alpha value is -1.51. The Bertz CT molecular complexity index is 346. The number of carbonyl (C=O) groups is 1. The lowest BCUT2D eigenvalue weighted by Crippen LogP contribution is -2.37. The smallest absolute Gasteiger partial charge is 0.410 e. The number of amides is 1. The molecule has 0 radical (unpaired) electrons. The van der Waals surface area contributed by atoms with E-state index in [1.807, 2.05) is 18.2 Å². The van der Waals surface area contributed by atoms with Gasteiger partial charge in [-0.15, -0.1) is 0 Å². The fraction of sp³-hybridized carbons (Fsp3) is 0.462. The number of hydrogen-bond acceptors (Lipinski definition) is 2. The molecule has 0 heterocycles. The third kappa shape index (κ3) is 2.99. The second-order valence-corrected chi connectivity index (χ2v) is 4.20. The maximum absolute atomic E-state index is 11.6. The highest BCUT2D eigenvalue weighted by Crippen LogP contribution is 2.33. The monoisotopic (exact) mass is 219 g/mol. The topological polar surface area (TPSA) is 38.3 Å². The van der Waals surface area contributed by atoms with Gasteiger partial charge in [0.15, 0.2) is 0 Å². The van der Waals surface area contributed by atoms with Gasteiger partial charge in [0.05, 0.1) is 0 Å². The maximum Gasteiger partial charge on any atom is 0.412 e. The minimum atomic E-state index is -0.343. The van der Waals surface area contributed by atoms with Crippen molar-refractivity contribution in [3.05, 3.63) is 30.3 Å². The molecule has 2 rings (SSSR count). The lowest BCUT2D eigenvalue weighted by atomic mass is 10.1. The van der Waals surface area contributed by atoms with Crippen molar-refractivity contribution in [2.75, 3.05) is 0 Å². The van der Waals surface area contributed by atoms with Gasteiger partial charge in [0, 0.05) is 6.04 Å². The van der Waals surface area contributed by atoms with E-state index in [0.717, 1.165) is 6.42 Å². The first-order valence-electron chi connectivity index (χ1n) is 5.83. The van der Waals surface area contributed by atoms with E-state index in [1.165, 1.54) is 12.8 Å². The summed E-state index contributed by atoms with van der Waals surface area (Å²) in [5.41, 5.74) is 0. The highest BCUT2D eigenvalue weighted by Gasteiger charge is 2.31. The van der Waals surface area contributed by atoms with Gasteiger partial charge in [-0.2, -0.15) is 0 Å². The first kappa shape index (κ1) is 11.0. The van der Waals surface area contributed by atoms with Crippen LogP contribution < -0.4 is 10.1 Å².